The van der Waals surface area contributed by atoms with Crippen LogP contribution in [0.3, 0.4) is 0 Å². The number of aryl methyl sites for hydroxylation is 1. The third-order valence-electron chi connectivity index (χ3n) is 3.87. The highest BCUT2D eigenvalue weighted by molar-refractivity contribution is 6.30. The van der Waals surface area contributed by atoms with Crippen molar-refractivity contribution < 1.29 is 17.9 Å². The highest BCUT2D eigenvalue weighted by Gasteiger charge is 2.31. The van der Waals surface area contributed by atoms with Crippen LogP contribution in [0, 0.1) is 6.92 Å². The summed E-state index contributed by atoms with van der Waals surface area (Å²) in [6.45, 7) is 4.31. The van der Waals surface area contributed by atoms with Gasteiger partial charge in [-0.25, -0.2) is 0 Å². The Hall–Kier alpha value is -1.72. The van der Waals surface area contributed by atoms with Gasteiger partial charge in [0.25, 0.3) is 0 Å². The largest absolute Gasteiger partial charge is 0.573 e. The van der Waals surface area contributed by atoms with Gasteiger partial charge in [0.1, 0.15) is 5.75 Å². The Bertz CT molecular complexity index is 713. The highest BCUT2D eigenvalue weighted by atomic mass is 35.5. The number of hydrogen-bond donors (Lipinski definition) is 0. The van der Waals surface area contributed by atoms with Crippen molar-refractivity contribution in [1.29, 1.82) is 0 Å². The van der Waals surface area contributed by atoms with Crippen molar-refractivity contribution in [2.75, 3.05) is 0 Å². The Balaban J connectivity index is 1.66. The second-order valence-electron chi connectivity index (χ2n) is 5.70. The molecule has 0 bridgehead atoms. The standard InChI is InChI=1S/C17H15ClF3NO/c1-11-6-14(18)7-13-9-22(10-16(11)13)8-12-2-4-15(5-3-12)23-17(19,20)21/h2-7H,8-10H2,1H3. The number of fused-ring (bicyclic) bond motifs is 1. The molecule has 2 aromatic carbocycles. The number of halogens is 4. The lowest BCUT2D eigenvalue weighted by molar-refractivity contribution is -0.274. The molecule has 0 fully saturated rings. The van der Waals surface area contributed by atoms with Crippen molar-refractivity contribution in [2.24, 2.45) is 0 Å². The minimum Gasteiger partial charge on any atom is -0.406 e. The molecule has 122 valence electrons. The van der Waals surface area contributed by atoms with Crippen LogP contribution in [-0.4, -0.2) is 11.3 Å². The molecular weight excluding hydrogens is 327 g/mol. The maximum atomic E-state index is 12.2. The van der Waals surface area contributed by atoms with Crippen LogP contribution in [0.2, 0.25) is 5.02 Å². The number of hydrogen-bond acceptors (Lipinski definition) is 2. The summed E-state index contributed by atoms with van der Waals surface area (Å²) < 4.78 is 40.3. The lowest BCUT2D eigenvalue weighted by Gasteiger charge is -2.15. The third-order valence-corrected chi connectivity index (χ3v) is 4.09. The number of rotatable bonds is 3. The van der Waals surface area contributed by atoms with E-state index in [9.17, 15) is 13.2 Å². The average molecular weight is 342 g/mol. The molecule has 0 amide bonds. The molecule has 0 atom stereocenters. The average Bonchev–Trinajstić information content (AvgIpc) is 2.82. The van der Waals surface area contributed by atoms with Crippen molar-refractivity contribution in [3.8, 4) is 5.75 Å². The van der Waals surface area contributed by atoms with Crippen LogP contribution in [0.4, 0.5) is 13.2 Å². The Labute approximate surface area is 137 Å². The van der Waals surface area contributed by atoms with Gasteiger partial charge in [-0.15, -0.1) is 13.2 Å². The predicted octanol–water partition coefficient (Wildman–Crippen LogP) is 5.06. The fourth-order valence-corrected chi connectivity index (χ4v) is 3.19. The number of benzene rings is 2. The molecule has 0 saturated heterocycles. The van der Waals surface area contributed by atoms with Crippen molar-refractivity contribution >= 4 is 11.6 Å². The van der Waals surface area contributed by atoms with Gasteiger partial charge in [-0.3, -0.25) is 4.90 Å². The summed E-state index contributed by atoms with van der Waals surface area (Å²) in [5.74, 6) is -0.200. The zero-order valence-corrected chi connectivity index (χ0v) is 13.2. The predicted molar refractivity (Wildman–Crippen MR) is 82.3 cm³/mol. The van der Waals surface area contributed by atoms with Crippen LogP contribution < -0.4 is 4.74 Å². The maximum Gasteiger partial charge on any atom is 0.573 e. The quantitative estimate of drug-likeness (QED) is 0.773. The molecule has 2 nitrogen and oxygen atoms in total. The molecule has 1 aliphatic rings. The molecule has 0 unspecified atom stereocenters. The van der Waals surface area contributed by atoms with Crippen molar-refractivity contribution in [3.05, 3.63) is 63.7 Å². The van der Waals surface area contributed by atoms with E-state index in [2.05, 4.69) is 9.64 Å². The van der Waals surface area contributed by atoms with E-state index in [4.69, 9.17) is 11.6 Å². The maximum absolute atomic E-state index is 12.2. The molecule has 0 aromatic heterocycles. The topological polar surface area (TPSA) is 12.5 Å². The number of ether oxygens (including phenoxy) is 1. The molecule has 23 heavy (non-hydrogen) atoms. The first-order chi connectivity index (χ1) is 10.8. The minimum atomic E-state index is -4.66. The van der Waals surface area contributed by atoms with Gasteiger partial charge in [0.05, 0.1) is 0 Å². The monoisotopic (exact) mass is 341 g/mol. The number of nitrogens with zero attached hydrogens (tertiary/aromatic N) is 1. The molecule has 1 aliphatic heterocycles. The summed E-state index contributed by atoms with van der Waals surface area (Å²) in [4.78, 5) is 2.23. The first kappa shape index (κ1) is 16.1. The molecule has 1 heterocycles. The first-order valence-corrected chi connectivity index (χ1v) is 7.53. The first-order valence-electron chi connectivity index (χ1n) is 7.15. The molecule has 3 rings (SSSR count). The van der Waals surface area contributed by atoms with E-state index in [1.54, 1.807) is 12.1 Å². The van der Waals surface area contributed by atoms with E-state index < -0.39 is 6.36 Å². The summed E-state index contributed by atoms with van der Waals surface area (Å²) in [6.07, 6.45) is -4.66. The van der Waals surface area contributed by atoms with E-state index in [1.807, 2.05) is 19.1 Å². The Morgan fingerprint density at radius 1 is 1.13 bits per heavy atom. The zero-order valence-electron chi connectivity index (χ0n) is 12.5. The molecule has 0 radical (unpaired) electrons. The van der Waals surface area contributed by atoms with Gasteiger partial charge >= 0.3 is 6.36 Å². The highest BCUT2D eigenvalue weighted by Crippen LogP contribution is 2.30. The Morgan fingerprint density at radius 3 is 2.48 bits per heavy atom. The van der Waals surface area contributed by atoms with Gasteiger partial charge in [-0.1, -0.05) is 23.7 Å². The third kappa shape index (κ3) is 3.98. The summed E-state index contributed by atoms with van der Waals surface area (Å²) in [6, 6.07) is 9.92. The van der Waals surface area contributed by atoms with E-state index in [0.29, 0.717) is 6.54 Å². The Kier molecular flexibility index (Phi) is 4.25. The summed E-state index contributed by atoms with van der Waals surface area (Å²) in [5.41, 5.74) is 4.61. The summed E-state index contributed by atoms with van der Waals surface area (Å²) in [7, 11) is 0. The van der Waals surface area contributed by atoms with Crippen molar-refractivity contribution in [2.45, 2.75) is 32.9 Å². The molecule has 0 N–H and O–H groups in total. The molecule has 0 spiro atoms. The minimum absolute atomic E-state index is 0.200. The molecule has 0 aliphatic carbocycles. The normalized spacial score (nSPS) is 14.8. The van der Waals surface area contributed by atoms with Crippen LogP contribution in [0.1, 0.15) is 22.3 Å². The molecular formula is C17H15ClF3NO. The fraction of sp³-hybridized carbons (Fsp3) is 0.294. The van der Waals surface area contributed by atoms with Crippen LogP contribution in [0.15, 0.2) is 36.4 Å². The second-order valence-corrected chi connectivity index (χ2v) is 6.13. The summed E-state index contributed by atoms with van der Waals surface area (Å²) in [5, 5.41) is 0.733. The lowest BCUT2D eigenvalue weighted by Crippen LogP contribution is -2.17. The van der Waals surface area contributed by atoms with Crippen LogP contribution in [0.5, 0.6) is 5.75 Å². The van der Waals surface area contributed by atoms with Gasteiger partial charge in [0, 0.05) is 24.7 Å². The van der Waals surface area contributed by atoms with Gasteiger partial charge in [-0.05, 0) is 53.4 Å². The zero-order chi connectivity index (χ0) is 16.6. The van der Waals surface area contributed by atoms with Crippen molar-refractivity contribution in [3.63, 3.8) is 0 Å². The van der Waals surface area contributed by atoms with Gasteiger partial charge in [0.15, 0.2) is 0 Å². The molecule has 0 saturated carbocycles. The van der Waals surface area contributed by atoms with E-state index >= 15 is 0 Å². The lowest BCUT2D eigenvalue weighted by atomic mass is 10.1. The van der Waals surface area contributed by atoms with Crippen LogP contribution >= 0.6 is 11.6 Å². The van der Waals surface area contributed by atoms with E-state index in [-0.39, 0.29) is 5.75 Å². The second kappa shape index (κ2) is 6.06. The van der Waals surface area contributed by atoms with E-state index in [0.717, 1.165) is 23.7 Å². The SMILES string of the molecule is Cc1cc(Cl)cc2c1CN(Cc1ccc(OC(F)(F)F)cc1)C2. The van der Waals surface area contributed by atoms with Gasteiger partial charge in [0.2, 0.25) is 0 Å². The van der Waals surface area contributed by atoms with Crippen LogP contribution in [-0.2, 0) is 19.6 Å². The molecule has 6 heteroatoms. The van der Waals surface area contributed by atoms with Gasteiger partial charge in [-0.2, -0.15) is 0 Å². The summed E-state index contributed by atoms with van der Waals surface area (Å²) >= 11 is 6.08. The Morgan fingerprint density at radius 2 is 1.83 bits per heavy atom. The fourth-order valence-electron chi connectivity index (χ4n) is 2.90. The van der Waals surface area contributed by atoms with Crippen molar-refractivity contribution in [1.82, 2.24) is 4.90 Å². The van der Waals surface area contributed by atoms with E-state index in [1.165, 1.54) is 28.8 Å². The van der Waals surface area contributed by atoms with Crippen LogP contribution in [0.25, 0.3) is 0 Å². The number of alkyl halides is 3. The van der Waals surface area contributed by atoms with Gasteiger partial charge < -0.3 is 4.74 Å². The smallest absolute Gasteiger partial charge is 0.406 e. The molecule has 2 aromatic rings.